The summed E-state index contributed by atoms with van der Waals surface area (Å²) in [5.41, 5.74) is 0. The van der Waals surface area contributed by atoms with Crippen molar-refractivity contribution in [3.05, 3.63) is 72.9 Å². The Morgan fingerprint density at radius 1 is 0.623 bits per heavy atom. The van der Waals surface area contributed by atoms with E-state index < -0.39 is 57.6 Å². The molecule has 0 aromatic heterocycles. The number of unbranched alkanes of at least 4 members (excludes halogenated alkanes) is 9. The molecule has 0 saturated carbocycles. The zero-order valence-electron chi connectivity index (χ0n) is 32.3. The van der Waals surface area contributed by atoms with Gasteiger partial charge < -0.3 is 25.2 Å². The molecule has 0 aromatic carbocycles. The van der Waals surface area contributed by atoms with Gasteiger partial charge in [-0.25, -0.2) is 9.36 Å². The largest absolute Gasteiger partial charge is 0.480 e. The minimum absolute atomic E-state index is 0.0883. The van der Waals surface area contributed by atoms with Crippen LogP contribution in [0.2, 0.25) is 0 Å². The van der Waals surface area contributed by atoms with Gasteiger partial charge in [0, 0.05) is 12.8 Å². The summed E-state index contributed by atoms with van der Waals surface area (Å²) in [6, 6.07) is -1.57. The van der Waals surface area contributed by atoms with Gasteiger partial charge in [-0.15, -0.1) is 0 Å². The lowest BCUT2D eigenvalue weighted by Gasteiger charge is -2.18. The van der Waals surface area contributed by atoms with Gasteiger partial charge in [-0.05, 0) is 77.0 Å². The van der Waals surface area contributed by atoms with Gasteiger partial charge in [-0.2, -0.15) is 0 Å². The number of rotatable bonds is 35. The maximum absolute atomic E-state index is 12.2. The first-order valence-electron chi connectivity index (χ1n) is 19.5. The van der Waals surface area contributed by atoms with Crippen LogP contribution in [0.3, 0.4) is 0 Å². The van der Waals surface area contributed by atoms with Gasteiger partial charge in [0.1, 0.15) is 12.7 Å². The smallest absolute Gasteiger partial charge is 0.472 e. The summed E-state index contributed by atoms with van der Waals surface area (Å²) >= 11 is 0. The average molecular weight is 766 g/mol. The third-order valence-corrected chi connectivity index (χ3v) is 8.68. The molecule has 0 saturated heterocycles. The van der Waals surface area contributed by atoms with Gasteiger partial charge in [0.25, 0.3) is 0 Å². The topological polar surface area (TPSA) is 169 Å². The fourth-order valence-corrected chi connectivity index (χ4v) is 5.45. The number of phosphoric acid groups is 1. The number of aliphatic carboxylic acids is 1. The van der Waals surface area contributed by atoms with Crippen LogP contribution in [0.4, 0.5) is 0 Å². The quantitative estimate of drug-likeness (QED) is 0.0211. The number of ether oxygens (including phenoxy) is 1. The lowest BCUT2D eigenvalue weighted by molar-refractivity contribution is -0.147. The Morgan fingerprint density at radius 2 is 1.09 bits per heavy atom. The third-order valence-electron chi connectivity index (χ3n) is 7.73. The molecule has 0 fully saturated rings. The second-order valence-corrected chi connectivity index (χ2v) is 14.2. The fraction of sp³-hybridized carbons (Fsp3) is 0.634. The summed E-state index contributed by atoms with van der Waals surface area (Å²) in [4.78, 5) is 45.7. The average Bonchev–Trinajstić information content (AvgIpc) is 3.13. The van der Waals surface area contributed by atoms with E-state index in [1.807, 2.05) is 6.08 Å². The molecule has 0 heterocycles. The van der Waals surface area contributed by atoms with Crippen LogP contribution in [0.15, 0.2) is 72.9 Å². The van der Waals surface area contributed by atoms with E-state index in [-0.39, 0.29) is 12.8 Å². The predicted molar refractivity (Wildman–Crippen MR) is 212 cm³/mol. The van der Waals surface area contributed by atoms with Gasteiger partial charge in [0.05, 0.1) is 13.2 Å². The molecule has 0 aliphatic rings. The molecule has 1 amide bonds. The zero-order valence-corrected chi connectivity index (χ0v) is 33.2. The summed E-state index contributed by atoms with van der Waals surface area (Å²) in [6.07, 6.45) is 40.8. The number of amides is 1. The molecule has 3 atom stereocenters. The van der Waals surface area contributed by atoms with Crippen LogP contribution < -0.4 is 5.32 Å². The number of hydrogen-bond acceptors (Lipinski definition) is 8. The normalized spacial score (nSPS) is 14.6. The van der Waals surface area contributed by atoms with E-state index in [0.717, 1.165) is 83.5 Å². The van der Waals surface area contributed by atoms with Gasteiger partial charge in [0.2, 0.25) is 5.91 Å². The van der Waals surface area contributed by atoms with Crippen LogP contribution in [0.25, 0.3) is 0 Å². The molecule has 0 aliphatic carbocycles. The van der Waals surface area contributed by atoms with Crippen molar-refractivity contribution in [2.75, 3.05) is 19.8 Å². The molecule has 302 valence electrons. The van der Waals surface area contributed by atoms with Crippen LogP contribution in [0, 0.1) is 0 Å². The Labute approximate surface area is 319 Å². The van der Waals surface area contributed by atoms with Crippen molar-refractivity contribution >= 4 is 25.7 Å². The van der Waals surface area contributed by atoms with Gasteiger partial charge in [0.15, 0.2) is 6.04 Å². The van der Waals surface area contributed by atoms with Crippen molar-refractivity contribution in [1.82, 2.24) is 5.32 Å². The van der Waals surface area contributed by atoms with E-state index in [0.29, 0.717) is 12.8 Å². The number of carboxylic acid groups (broad SMARTS) is 1. The number of hydrogen-bond donors (Lipinski definition) is 4. The van der Waals surface area contributed by atoms with E-state index >= 15 is 0 Å². The minimum atomic E-state index is -4.77. The van der Waals surface area contributed by atoms with E-state index in [1.165, 1.54) is 12.8 Å². The molecule has 0 rings (SSSR count). The molecular weight excluding hydrogens is 697 g/mol. The summed E-state index contributed by atoms with van der Waals surface area (Å²) in [6.45, 7) is 2.35. The Balaban J connectivity index is 4.05. The molecule has 3 unspecified atom stereocenters. The molecule has 4 N–H and O–H groups in total. The summed E-state index contributed by atoms with van der Waals surface area (Å²) < 4.78 is 26.7. The monoisotopic (exact) mass is 765 g/mol. The number of phosphoric ester groups is 1. The van der Waals surface area contributed by atoms with Crippen molar-refractivity contribution in [1.29, 1.82) is 0 Å². The van der Waals surface area contributed by atoms with E-state index in [9.17, 15) is 34.1 Å². The highest BCUT2D eigenvalue weighted by molar-refractivity contribution is 7.47. The predicted octanol–water partition coefficient (Wildman–Crippen LogP) is 9.38. The van der Waals surface area contributed by atoms with Crippen LogP contribution in [0.1, 0.15) is 136 Å². The number of aliphatic hydroxyl groups is 1. The van der Waals surface area contributed by atoms with Crippen LogP contribution in [-0.4, -0.2) is 64.9 Å². The summed E-state index contributed by atoms with van der Waals surface area (Å²) in [5.74, 6) is -2.46. The molecule has 11 nitrogen and oxygen atoms in total. The number of aliphatic hydroxyl groups excluding tert-OH is 1. The highest BCUT2D eigenvalue weighted by Gasteiger charge is 2.28. The van der Waals surface area contributed by atoms with Crippen molar-refractivity contribution in [2.24, 2.45) is 0 Å². The molecule has 0 aromatic rings. The third kappa shape index (κ3) is 35.7. The molecular formula is C41H68NO10P. The number of esters is 1. The van der Waals surface area contributed by atoms with E-state index in [2.05, 4.69) is 86.0 Å². The first-order valence-corrected chi connectivity index (χ1v) is 21.0. The second-order valence-electron chi connectivity index (χ2n) is 12.7. The van der Waals surface area contributed by atoms with Crippen molar-refractivity contribution < 1.29 is 47.8 Å². The van der Waals surface area contributed by atoms with Gasteiger partial charge in [-0.1, -0.05) is 119 Å². The Kier molecular flexibility index (Phi) is 33.8. The van der Waals surface area contributed by atoms with Crippen molar-refractivity contribution in [2.45, 2.75) is 148 Å². The Hall–Kier alpha value is -3.08. The maximum atomic E-state index is 12.2. The first-order chi connectivity index (χ1) is 25.6. The first kappa shape index (κ1) is 49.9. The summed E-state index contributed by atoms with van der Waals surface area (Å²) in [5, 5.41) is 21.7. The minimum Gasteiger partial charge on any atom is -0.480 e. The lowest BCUT2D eigenvalue weighted by atomic mass is 10.1. The van der Waals surface area contributed by atoms with Crippen LogP contribution in [0.5, 0.6) is 0 Å². The van der Waals surface area contributed by atoms with Gasteiger partial charge >= 0.3 is 19.8 Å². The van der Waals surface area contributed by atoms with E-state index in [4.69, 9.17) is 13.8 Å². The number of carbonyl (C=O) groups excluding carboxylic acids is 2. The molecule has 0 radical (unpaired) electrons. The number of allylic oxidation sites excluding steroid dienone is 12. The number of carbonyl (C=O) groups is 3. The highest BCUT2D eigenvalue weighted by atomic mass is 31.2. The maximum Gasteiger partial charge on any atom is 0.472 e. The fourth-order valence-electron chi connectivity index (χ4n) is 4.67. The molecule has 0 bridgehead atoms. The SMILES string of the molecule is CC/C=C\C/C=C\C/C=C\C/C=C\CCCCC(=O)NC(COP(=O)(O)OCC(O)COC(=O)CCCCCCC/C=C\C/C=C\CCCC)C(=O)O. The van der Waals surface area contributed by atoms with Crippen LogP contribution in [-0.2, 0) is 32.7 Å². The van der Waals surface area contributed by atoms with E-state index in [1.54, 1.807) is 0 Å². The van der Waals surface area contributed by atoms with Gasteiger partial charge in [-0.3, -0.25) is 18.6 Å². The molecule has 0 spiro atoms. The molecule has 53 heavy (non-hydrogen) atoms. The Bertz CT molecular complexity index is 1180. The number of carboxylic acids is 1. The number of nitrogens with one attached hydrogen (secondary N) is 1. The lowest BCUT2D eigenvalue weighted by Crippen LogP contribution is -2.43. The summed E-state index contributed by atoms with van der Waals surface area (Å²) in [7, 11) is -4.77. The standard InChI is InChI=1S/C41H68NO10P/c1-3-5-7-9-11-13-15-17-19-20-22-24-26-28-30-32-39(44)42-38(41(46)47)36-52-53(48,49)51-35-37(43)34-50-40(45)33-31-29-27-25-23-21-18-16-14-12-10-8-6-4-2/h5,7,10-13,16-19,22,24,37-38,43H,3-4,6,8-9,14-15,20-21,23,25-36H2,1-2H3,(H,42,44)(H,46,47)(H,48,49)/b7-5-,12-10-,13-11-,18-16-,19-17-,24-22-. The zero-order chi connectivity index (χ0) is 39.3. The van der Waals surface area contributed by atoms with Crippen LogP contribution >= 0.6 is 7.82 Å². The second kappa shape index (κ2) is 35.9. The molecule has 12 heteroatoms. The highest BCUT2D eigenvalue weighted by Crippen LogP contribution is 2.43. The van der Waals surface area contributed by atoms with Crippen molar-refractivity contribution in [3.63, 3.8) is 0 Å². The van der Waals surface area contributed by atoms with Crippen molar-refractivity contribution in [3.8, 4) is 0 Å². The molecule has 0 aliphatic heterocycles. The Morgan fingerprint density at radius 3 is 1.66 bits per heavy atom.